The molecule has 5 heteroatoms. The minimum absolute atomic E-state index is 0.00284. The van der Waals surface area contributed by atoms with E-state index in [0.717, 1.165) is 19.5 Å². The average molecular weight is 238 g/mol. The molecule has 4 nitrogen and oxygen atoms in total. The third-order valence-electron chi connectivity index (χ3n) is 2.57. The summed E-state index contributed by atoms with van der Waals surface area (Å²) in [5.74, 6) is -0.633. The van der Waals surface area contributed by atoms with Gasteiger partial charge in [-0.15, -0.1) is 0 Å². The summed E-state index contributed by atoms with van der Waals surface area (Å²) in [5, 5.41) is 5.73. The third-order valence-corrected chi connectivity index (χ3v) is 2.57. The van der Waals surface area contributed by atoms with Crippen molar-refractivity contribution in [2.24, 2.45) is 0 Å². The normalized spacial score (nSPS) is 19.2. The van der Waals surface area contributed by atoms with Crippen LogP contribution in [0.15, 0.2) is 24.3 Å². The SMILES string of the molecule is O=C(COC1CCNC1)Nc1cccc(F)c1. The minimum Gasteiger partial charge on any atom is -0.367 e. The van der Waals surface area contributed by atoms with E-state index in [0.29, 0.717) is 5.69 Å². The van der Waals surface area contributed by atoms with E-state index in [1.807, 2.05) is 0 Å². The van der Waals surface area contributed by atoms with Crippen molar-refractivity contribution in [1.82, 2.24) is 5.32 Å². The molecular weight excluding hydrogens is 223 g/mol. The molecule has 0 aliphatic carbocycles. The highest BCUT2D eigenvalue weighted by atomic mass is 19.1. The Hall–Kier alpha value is -1.46. The molecule has 1 aliphatic heterocycles. The fourth-order valence-corrected chi connectivity index (χ4v) is 1.73. The van der Waals surface area contributed by atoms with Crippen LogP contribution in [0.5, 0.6) is 0 Å². The van der Waals surface area contributed by atoms with E-state index in [4.69, 9.17) is 4.74 Å². The average Bonchev–Trinajstić information content (AvgIpc) is 2.79. The van der Waals surface area contributed by atoms with E-state index in [1.165, 1.54) is 12.1 Å². The Morgan fingerprint density at radius 1 is 1.59 bits per heavy atom. The number of hydrogen-bond acceptors (Lipinski definition) is 3. The molecule has 1 aliphatic rings. The minimum atomic E-state index is -0.372. The van der Waals surface area contributed by atoms with Gasteiger partial charge in [-0.1, -0.05) is 6.07 Å². The molecule has 1 atom stereocenters. The summed E-state index contributed by atoms with van der Waals surface area (Å²) < 4.78 is 18.3. The predicted molar refractivity (Wildman–Crippen MR) is 62.3 cm³/mol. The molecule has 0 radical (unpaired) electrons. The quantitative estimate of drug-likeness (QED) is 0.827. The second-order valence-corrected chi connectivity index (χ2v) is 3.98. The third kappa shape index (κ3) is 3.80. The zero-order valence-corrected chi connectivity index (χ0v) is 9.41. The molecule has 92 valence electrons. The molecule has 1 unspecified atom stereocenters. The van der Waals surface area contributed by atoms with Crippen molar-refractivity contribution in [3.63, 3.8) is 0 Å². The van der Waals surface area contributed by atoms with Crippen LogP contribution in [0.4, 0.5) is 10.1 Å². The van der Waals surface area contributed by atoms with Crippen LogP contribution in [-0.4, -0.2) is 31.7 Å². The summed E-state index contributed by atoms with van der Waals surface area (Å²) in [7, 11) is 0. The molecule has 2 N–H and O–H groups in total. The monoisotopic (exact) mass is 238 g/mol. The Morgan fingerprint density at radius 2 is 2.47 bits per heavy atom. The maximum atomic E-state index is 12.9. The zero-order valence-electron chi connectivity index (χ0n) is 9.41. The lowest BCUT2D eigenvalue weighted by Crippen LogP contribution is -2.24. The van der Waals surface area contributed by atoms with E-state index in [1.54, 1.807) is 12.1 Å². The first kappa shape index (κ1) is 12.0. The molecule has 1 aromatic rings. The predicted octanol–water partition coefficient (Wildman–Crippen LogP) is 1.14. The number of halogens is 1. The van der Waals surface area contributed by atoms with Crippen LogP contribution < -0.4 is 10.6 Å². The zero-order chi connectivity index (χ0) is 12.1. The number of ether oxygens (including phenoxy) is 1. The second-order valence-electron chi connectivity index (χ2n) is 3.98. The van der Waals surface area contributed by atoms with Crippen LogP contribution in [0.25, 0.3) is 0 Å². The first-order valence-corrected chi connectivity index (χ1v) is 5.62. The maximum absolute atomic E-state index is 12.9. The molecule has 0 aromatic heterocycles. The van der Waals surface area contributed by atoms with E-state index in [-0.39, 0.29) is 24.4 Å². The molecule has 1 fully saturated rings. The molecular formula is C12H15FN2O2. The highest BCUT2D eigenvalue weighted by molar-refractivity contribution is 5.91. The van der Waals surface area contributed by atoms with Gasteiger partial charge in [-0.2, -0.15) is 0 Å². The van der Waals surface area contributed by atoms with Gasteiger partial charge in [0.1, 0.15) is 12.4 Å². The fourth-order valence-electron chi connectivity index (χ4n) is 1.73. The number of rotatable bonds is 4. The van der Waals surface area contributed by atoms with Crippen molar-refractivity contribution in [3.8, 4) is 0 Å². The molecule has 0 bridgehead atoms. The van der Waals surface area contributed by atoms with Gasteiger partial charge in [0.25, 0.3) is 0 Å². The van der Waals surface area contributed by atoms with Crippen molar-refractivity contribution in [3.05, 3.63) is 30.1 Å². The summed E-state index contributed by atoms with van der Waals surface area (Å²) in [5.41, 5.74) is 0.447. The molecule has 2 rings (SSSR count). The van der Waals surface area contributed by atoms with Crippen LogP contribution in [0.1, 0.15) is 6.42 Å². The Bertz CT molecular complexity index is 392. The number of anilines is 1. The van der Waals surface area contributed by atoms with Gasteiger partial charge in [-0.3, -0.25) is 4.79 Å². The van der Waals surface area contributed by atoms with Crippen LogP contribution in [0, 0.1) is 5.82 Å². The first-order valence-electron chi connectivity index (χ1n) is 5.62. The van der Waals surface area contributed by atoms with Gasteiger partial charge in [0, 0.05) is 12.2 Å². The molecule has 1 saturated heterocycles. The van der Waals surface area contributed by atoms with Gasteiger partial charge in [0.15, 0.2) is 0 Å². The Morgan fingerprint density at radius 3 is 3.18 bits per heavy atom. The lowest BCUT2D eigenvalue weighted by Gasteiger charge is -2.10. The number of carbonyl (C=O) groups is 1. The summed E-state index contributed by atoms with van der Waals surface area (Å²) in [6, 6.07) is 5.79. The van der Waals surface area contributed by atoms with Crippen molar-refractivity contribution in [2.45, 2.75) is 12.5 Å². The van der Waals surface area contributed by atoms with Crippen molar-refractivity contribution >= 4 is 11.6 Å². The Balaban J connectivity index is 1.76. The van der Waals surface area contributed by atoms with Crippen molar-refractivity contribution in [1.29, 1.82) is 0 Å². The van der Waals surface area contributed by atoms with Crippen molar-refractivity contribution < 1.29 is 13.9 Å². The molecule has 1 heterocycles. The lowest BCUT2D eigenvalue weighted by atomic mass is 10.3. The van der Waals surface area contributed by atoms with Gasteiger partial charge in [0.2, 0.25) is 5.91 Å². The van der Waals surface area contributed by atoms with Crippen LogP contribution in [0.2, 0.25) is 0 Å². The van der Waals surface area contributed by atoms with Crippen LogP contribution >= 0.6 is 0 Å². The van der Waals surface area contributed by atoms with E-state index >= 15 is 0 Å². The van der Waals surface area contributed by atoms with Gasteiger partial charge in [-0.25, -0.2) is 4.39 Å². The molecule has 17 heavy (non-hydrogen) atoms. The Labute approximate surface area is 99.2 Å². The van der Waals surface area contributed by atoms with Gasteiger partial charge in [-0.05, 0) is 31.2 Å². The summed E-state index contributed by atoms with van der Waals surface area (Å²) in [4.78, 5) is 11.5. The van der Waals surface area contributed by atoms with Gasteiger partial charge >= 0.3 is 0 Å². The topological polar surface area (TPSA) is 50.4 Å². The van der Waals surface area contributed by atoms with E-state index in [9.17, 15) is 9.18 Å². The first-order chi connectivity index (χ1) is 8.24. The molecule has 0 spiro atoms. The number of benzene rings is 1. The summed E-state index contributed by atoms with van der Waals surface area (Å²) in [6.45, 7) is 1.71. The number of nitrogens with one attached hydrogen (secondary N) is 2. The maximum Gasteiger partial charge on any atom is 0.250 e. The van der Waals surface area contributed by atoms with Gasteiger partial charge < -0.3 is 15.4 Å². The summed E-state index contributed by atoms with van der Waals surface area (Å²) in [6.07, 6.45) is 1.03. The number of carbonyl (C=O) groups excluding carboxylic acids is 1. The van der Waals surface area contributed by atoms with Crippen LogP contribution in [0.3, 0.4) is 0 Å². The van der Waals surface area contributed by atoms with Crippen molar-refractivity contribution in [2.75, 3.05) is 25.0 Å². The van der Waals surface area contributed by atoms with E-state index in [2.05, 4.69) is 10.6 Å². The smallest absolute Gasteiger partial charge is 0.250 e. The fraction of sp³-hybridized carbons (Fsp3) is 0.417. The number of hydrogen-bond donors (Lipinski definition) is 2. The van der Waals surface area contributed by atoms with E-state index < -0.39 is 0 Å². The highest BCUT2D eigenvalue weighted by Crippen LogP contribution is 2.09. The number of amides is 1. The van der Waals surface area contributed by atoms with Gasteiger partial charge in [0.05, 0.1) is 6.10 Å². The second kappa shape index (κ2) is 5.75. The Kier molecular flexibility index (Phi) is 4.06. The highest BCUT2D eigenvalue weighted by Gasteiger charge is 2.16. The molecule has 1 aromatic carbocycles. The molecule has 0 saturated carbocycles. The molecule has 1 amide bonds. The summed E-state index contributed by atoms with van der Waals surface area (Å²) >= 11 is 0. The van der Waals surface area contributed by atoms with Crippen LogP contribution in [-0.2, 0) is 9.53 Å². The lowest BCUT2D eigenvalue weighted by molar-refractivity contribution is -0.122. The standard InChI is InChI=1S/C12H15FN2O2/c13-9-2-1-3-10(6-9)15-12(16)8-17-11-4-5-14-7-11/h1-3,6,11,14H,4-5,7-8H2,(H,15,16). The largest absolute Gasteiger partial charge is 0.367 e.